The van der Waals surface area contributed by atoms with E-state index in [-0.39, 0.29) is 11.2 Å². The quantitative estimate of drug-likeness (QED) is 0.731. The number of aromatic nitrogens is 1. The number of rotatable bonds is 1. The van der Waals surface area contributed by atoms with Gasteiger partial charge in [0, 0.05) is 24.6 Å². The van der Waals surface area contributed by atoms with Gasteiger partial charge in [0.15, 0.2) is 5.82 Å². The van der Waals surface area contributed by atoms with Crippen LogP contribution in [0.2, 0.25) is 0 Å². The Kier molecular flexibility index (Phi) is 2.66. The summed E-state index contributed by atoms with van der Waals surface area (Å²) in [6.45, 7) is 6.01. The van der Waals surface area contributed by atoms with Crippen LogP contribution in [0.4, 0.5) is 5.82 Å². The van der Waals surface area contributed by atoms with Gasteiger partial charge in [-0.25, -0.2) is 4.99 Å². The van der Waals surface area contributed by atoms with Crippen LogP contribution in [0.1, 0.15) is 38.9 Å². The number of ketones is 1. The number of aliphatic imine (C=N–C) groups is 1. The molecule has 0 bridgehead atoms. The van der Waals surface area contributed by atoms with Crippen LogP contribution >= 0.6 is 0 Å². The Morgan fingerprint density at radius 3 is 2.75 bits per heavy atom. The number of aryl methyl sites for hydroxylation is 1. The Balaban J connectivity index is 2.21. The lowest BCUT2D eigenvalue weighted by Crippen LogP contribution is -2.28. The Labute approximate surface area is 94.7 Å². The van der Waals surface area contributed by atoms with Crippen LogP contribution in [-0.4, -0.2) is 16.7 Å². The maximum Gasteiger partial charge on any atom is 0.195 e. The van der Waals surface area contributed by atoms with Crippen LogP contribution in [0.15, 0.2) is 15.6 Å². The first-order valence-corrected chi connectivity index (χ1v) is 5.46. The van der Waals surface area contributed by atoms with Gasteiger partial charge in [-0.1, -0.05) is 19.0 Å². The molecule has 1 aliphatic carbocycles. The van der Waals surface area contributed by atoms with E-state index in [0.717, 1.165) is 17.9 Å². The smallest absolute Gasteiger partial charge is 0.195 e. The van der Waals surface area contributed by atoms with E-state index in [0.29, 0.717) is 18.7 Å². The van der Waals surface area contributed by atoms with Crippen molar-refractivity contribution < 1.29 is 9.32 Å². The number of hydrogen-bond acceptors (Lipinski definition) is 4. The summed E-state index contributed by atoms with van der Waals surface area (Å²) in [5.74, 6) is 1.56. The molecular formula is C12H16N2O2. The molecule has 0 radical (unpaired) electrons. The molecule has 0 aromatic carbocycles. The summed E-state index contributed by atoms with van der Waals surface area (Å²) in [5, 5.41) is 3.81. The normalized spacial score (nSPS) is 22.7. The Morgan fingerprint density at radius 2 is 2.19 bits per heavy atom. The molecular weight excluding hydrogens is 204 g/mol. The van der Waals surface area contributed by atoms with E-state index in [4.69, 9.17) is 4.52 Å². The second kappa shape index (κ2) is 3.85. The minimum Gasteiger partial charge on any atom is -0.359 e. The molecule has 2 rings (SSSR count). The third kappa shape index (κ3) is 2.56. The highest BCUT2D eigenvalue weighted by molar-refractivity contribution is 6.05. The van der Waals surface area contributed by atoms with Crippen LogP contribution in [-0.2, 0) is 4.79 Å². The van der Waals surface area contributed by atoms with E-state index in [1.54, 1.807) is 6.07 Å². The van der Waals surface area contributed by atoms with Crippen LogP contribution in [0.3, 0.4) is 0 Å². The molecule has 1 aromatic heterocycles. The van der Waals surface area contributed by atoms with Crippen molar-refractivity contribution in [3.8, 4) is 0 Å². The van der Waals surface area contributed by atoms with Crippen molar-refractivity contribution >= 4 is 17.3 Å². The molecule has 1 saturated carbocycles. The number of carbonyl (C=O) groups is 1. The third-order valence-corrected chi connectivity index (χ3v) is 2.65. The fourth-order valence-electron chi connectivity index (χ4n) is 2.15. The van der Waals surface area contributed by atoms with Crippen LogP contribution in [0.5, 0.6) is 0 Å². The molecule has 0 atom stereocenters. The second-order valence-corrected chi connectivity index (χ2v) is 5.21. The van der Waals surface area contributed by atoms with Crippen molar-refractivity contribution in [3.63, 3.8) is 0 Å². The predicted octanol–water partition coefficient (Wildman–Crippen LogP) is 2.83. The molecule has 4 nitrogen and oxygen atoms in total. The average Bonchev–Trinajstić information content (AvgIpc) is 2.46. The monoisotopic (exact) mass is 220 g/mol. The Hall–Kier alpha value is -1.45. The van der Waals surface area contributed by atoms with Crippen molar-refractivity contribution in [1.82, 2.24) is 5.16 Å². The molecule has 0 saturated heterocycles. The minimum absolute atomic E-state index is 0.0208. The first-order valence-electron chi connectivity index (χ1n) is 5.46. The van der Waals surface area contributed by atoms with Crippen LogP contribution in [0, 0.1) is 12.3 Å². The summed E-state index contributed by atoms with van der Waals surface area (Å²) in [7, 11) is 0. The summed E-state index contributed by atoms with van der Waals surface area (Å²) in [5.41, 5.74) is 0.932. The van der Waals surface area contributed by atoms with Gasteiger partial charge < -0.3 is 4.52 Å². The van der Waals surface area contributed by atoms with Gasteiger partial charge in [0.25, 0.3) is 0 Å². The highest BCUT2D eigenvalue weighted by Gasteiger charge is 2.30. The number of Topliss-reactive ketones (excluding diaryl/α,β-unsaturated/α-hetero) is 1. The topological polar surface area (TPSA) is 55.5 Å². The zero-order valence-corrected chi connectivity index (χ0v) is 9.91. The largest absolute Gasteiger partial charge is 0.359 e. The molecule has 0 spiro atoms. The first kappa shape index (κ1) is 11.0. The van der Waals surface area contributed by atoms with Gasteiger partial charge in [-0.15, -0.1) is 0 Å². The van der Waals surface area contributed by atoms with Crippen molar-refractivity contribution in [2.45, 2.75) is 40.0 Å². The molecule has 1 aliphatic rings. The molecule has 1 fully saturated rings. The second-order valence-electron chi connectivity index (χ2n) is 5.21. The number of nitrogens with zero attached hydrogens (tertiary/aromatic N) is 2. The maximum atomic E-state index is 11.6. The average molecular weight is 220 g/mol. The lowest BCUT2D eigenvalue weighted by Gasteiger charge is -2.28. The van der Waals surface area contributed by atoms with Crippen LogP contribution in [0.25, 0.3) is 0 Å². The summed E-state index contributed by atoms with van der Waals surface area (Å²) in [4.78, 5) is 15.9. The van der Waals surface area contributed by atoms with E-state index in [1.807, 2.05) is 6.92 Å². The Bertz CT molecular complexity index is 444. The van der Waals surface area contributed by atoms with E-state index in [9.17, 15) is 4.79 Å². The highest BCUT2D eigenvalue weighted by atomic mass is 16.5. The first-order chi connectivity index (χ1) is 7.44. The SMILES string of the molecule is Cc1cc(N=C2CC(=O)CC(C)(C)C2)no1. The van der Waals surface area contributed by atoms with Crippen molar-refractivity contribution in [2.75, 3.05) is 0 Å². The molecule has 0 aliphatic heterocycles. The lowest BCUT2D eigenvalue weighted by molar-refractivity contribution is -0.120. The van der Waals surface area contributed by atoms with Crippen molar-refractivity contribution in [1.29, 1.82) is 0 Å². The molecule has 0 amide bonds. The third-order valence-electron chi connectivity index (χ3n) is 2.65. The molecule has 16 heavy (non-hydrogen) atoms. The van der Waals surface area contributed by atoms with Gasteiger partial charge in [0.05, 0.1) is 0 Å². The fourth-order valence-corrected chi connectivity index (χ4v) is 2.15. The van der Waals surface area contributed by atoms with Crippen molar-refractivity contribution in [2.24, 2.45) is 10.4 Å². The summed E-state index contributed by atoms with van der Waals surface area (Å²) in [6, 6.07) is 1.78. The minimum atomic E-state index is 0.0208. The van der Waals surface area contributed by atoms with Gasteiger partial charge >= 0.3 is 0 Å². The molecule has 0 N–H and O–H groups in total. The summed E-state index contributed by atoms with van der Waals surface area (Å²) in [6.07, 6.45) is 1.95. The Morgan fingerprint density at radius 1 is 1.44 bits per heavy atom. The predicted molar refractivity (Wildman–Crippen MR) is 61.0 cm³/mol. The van der Waals surface area contributed by atoms with E-state index in [1.165, 1.54) is 0 Å². The van der Waals surface area contributed by atoms with Gasteiger partial charge in [-0.05, 0) is 18.8 Å². The van der Waals surface area contributed by atoms with E-state index < -0.39 is 0 Å². The summed E-state index contributed by atoms with van der Waals surface area (Å²) >= 11 is 0. The highest BCUT2D eigenvalue weighted by Crippen LogP contribution is 2.32. The van der Waals surface area contributed by atoms with Crippen molar-refractivity contribution in [3.05, 3.63) is 11.8 Å². The van der Waals surface area contributed by atoms with E-state index >= 15 is 0 Å². The summed E-state index contributed by atoms with van der Waals surface area (Å²) < 4.78 is 4.94. The standard InChI is InChI=1S/C12H16N2O2/c1-8-4-11(14-16-8)13-9-5-10(15)7-12(2,3)6-9/h4H,5-7H2,1-3H3. The van der Waals surface area contributed by atoms with Gasteiger partial charge in [0.1, 0.15) is 11.5 Å². The molecule has 86 valence electrons. The molecule has 1 aromatic rings. The fraction of sp³-hybridized carbons (Fsp3) is 0.583. The van der Waals surface area contributed by atoms with Gasteiger partial charge in [0.2, 0.25) is 0 Å². The zero-order chi connectivity index (χ0) is 11.8. The molecule has 0 unspecified atom stereocenters. The number of carbonyl (C=O) groups excluding carboxylic acids is 1. The molecule has 4 heteroatoms. The van der Waals surface area contributed by atoms with Crippen LogP contribution < -0.4 is 0 Å². The van der Waals surface area contributed by atoms with Gasteiger partial charge in [-0.2, -0.15) is 0 Å². The number of hydrogen-bond donors (Lipinski definition) is 0. The van der Waals surface area contributed by atoms with E-state index in [2.05, 4.69) is 24.0 Å². The zero-order valence-electron chi connectivity index (χ0n) is 9.91. The van der Waals surface area contributed by atoms with Gasteiger partial charge in [-0.3, -0.25) is 4.79 Å². The molecule has 1 heterocycles. The maximum absolute atomic E-state index is 11.6. The lowest BCUT2D eigenvalue weighted by atomic mass is 9.76.